The van der Waals surface area contributed by atoms with Crippen LogP contribution in [-0.4, -0.2) is 18.2 Å². The van der Waals surface area contributed by atoms with E-state index in [1.165, 1.54) is 6.07 Å². The van der Waals surface area contributed by atoms with E-state index >= 15 is 0 Å². The first kappa shape index (κ1) is 14.2. The number of benzene rings is 2. The number of nitrogens with one attached hydrogen (secondary N) is 1. The van der Waals surface area contributed by atoms with E-state index in [0.717, 1.165) is 4.47 Å². The highest BCUT2D eigenvalue weighted by atomic mass is 79.9. The Morgan fingerprint density at radius 2 is 2.05 bits per heavy atom. The zero-order valence-electron chi connectivity index (χ0n) is 10.7. The number of nitrogens with two attached hydrogens (primary N) is 1. The Labute approximate surface area is 124 Å². The van der Waals surface area contributed by atoms with Gasteiger partial charge in [-0.3, -0.25) is 0 Å². The average molecular weight is 337 g/mol. The van der Waals surface area contributed by atoms with Gasteiger partial charge in [0, 0.05) is 17.4 Å². The summed E-state index contributed by atoms with van der Waals surface area (Å²) in [5.41, 5.74) is 7.48. The lowest BCUT2D eigenvalue weighted by Gasteiger charge is -2.12. The zero-order valence-corrected chi connectivity index (χ0v) is 12.3. The van der Waals surface area contributed by atoms with Gasteiger partial charge in [-0.05, 0) is 46.3 Å². The molecule has 0 aliphatic carbocycles. The average Bonchev–Trinajstić information content (AvgIpc) is 2.40. The van der Waals surface area contributed by atoms with Crippen molar-refractivity contribution < 1.29 is 14.6 Å². The predicted octanol–water partition coefficient (Wildman–Crippen LogP) is 3.48. The van der Waals surface area contributed by atoms with E-state index in [-0.39, 0.29) is 5.56 Å². The number of carboxylic acid groups (broad SMARTS) is 1. The van der Waals surface area contributed by atoms with E-state index in [0.29, 0.717) is 22.8 Å². The third-order valence-corrected chi connectivity index (χ3v) is 3.36. The van der Waals surface area contributed by atoms with Crippen LogP contribution in [0.3, 0.4) is 0 Å². The molecule has 0 atom stereocenters. The summed E-state index contributed by atoms with van der Waals surface area (Å²) >= 11 is 3.36. The third kappa shape index (κ3) is 3.03. The quantitative estimate of drug-likeness (QED) is 0.744. The van der Waals surface area contributed by atoms with E-state index in [2.05, 4.69) is 21.2 Å². The Balaban J connectivity index is 2.39. The molecule has 0 heterocycles. The molecule has 0 fully saturated rings. The van der Waals surface area contributed by atoms with Crippen molar-refractivity contribution in [1.82, 2.24) is 0 Å². The van der Waals surface area contributed by atoms with E-state index in [1.54, 1.807) is 31.4 Å². The summed E-state index contributed by atoms with van der Waals surface area (Å²) in [5, 5.41) is 12.2. The van der Waals surface area contributed by atoms with Crippen molar-refractivity contribution in [2.75, 3.05) is 18.2 Å². The Hall–Kier alpha value is -2.21. The number of carboxylic acids is 1. The molecule has 20 heavy (non-hydrogen) atoms. The number of halogens is 1. The van der Waals surface area contributed by atoms with Gasteiger partial charge in [-0.25, -0.2) is 4.79 Å². The minimum Gasteiger partial charge on any atom is -0.495 e. The molecule has 0 spiro atoms. The number of ether oxygens (including phenoxy) is 1. The van der Waals surface area contributed by atoms with Crippen LogP contribution in [0.15, 0.2) is 40.9 Å². The van der Waals surface area contributed by atoms with Gasteiger partial charge in [0.25, 0.3) is 0 Å². The fraction of sp³-hybridized carbons (Fsp3) is 0.0714. The predicted molar refractivity (Wildman–Crippen MR) is 81.8 cm³/mol. The van der Waals surface area contributed by atoms with Crippen LogP contribution in [0.5, 0.6) is 5.75 Å². The molecule has 4 N–H and O–H groups in total. The van der Waals surface area contributed by atoms with Crippen molar-refractivity contribution in [1.29, 1.82) is 0 Å². The molecule has 0 aliphatic rings. The summed E-state index contributed by atoms with van der Waals surface area (Å²) in [7, 11) is 1.56. The molecule has 0 saturated heterocycles. The van der Waals surface area contributed by atoms with Crippen molar-refractivity contribution in [2.24, 2.45) is 0 Å². The molecule has 0 bridgehead atoms. The maximum absolute atomic E-state index is 11.2. The Morgan fingerprint density at radius 3 is 2.70 bits per heavy atom. The van der Waals surface area contributed by atoms with Crippen molar-refractivity contribution in [2.45, 2.75) is 0 Å². The van der Waals surface area contributed by atoms with Gasteiger partial charge in [0.15, 0.2) is 0 Å². The van der Waals surface area contributed by atoms with Crippen molar-refractivity contribution in [3.8, 4) is 5.75 Å². The number of rotatable bonds is 4. The second-order valence-electron chi connectivity index (χ2n) is 4.08. The van der Waals surface area contributed by atoms with Crippen LogP contribution < -0.4 is 15.8 Å². The molecular weight excluding hydrogens is 324 g/mol. The molecule has 2 aromatic carbocycles. The number of aromatic carboxylic acids is 1. The number of hydrogen-bond acceptors (Lipinski definition) is 4. The van der Waals surface area contributed by atoms with Gasteiger partial charge >= 0.3 is 5.97 Å². The standard InChI is InChI=1S/C14H13BrN2O3/c1-20-13-7-9(3-5-11(13)15)17-12-6-8(16)2-4-10(12)14(18)19/h2-7,17H,16H2,1H3,(H,18,19). The van der Waals surface area contributed by atoms with Gasteiger partial charge in [0.05, 0.1) is 22.8 Å². The highest BCUT2D eigenvalue weighted by molar-refractivity contribution is 9.10. The first-order valence-corrected chi connectivity index (χ1v) is 6.54. The number of hydrogen-bond donors (Lipinski definition) is 3. The molecule has 6 heteroatoms. The molecule has 0 amide bonds. The summed E-state index contributed by atoms with van der Waals surface area (Å²) in [6, 6.07) is 9.99. The van der Waals surface area contributed by atoms with E-state index < -0.39 is 5.97 Å². The molecule has 2 aromatic rings. The maximum Gasteiger partial charge on any atom is 0.337 e. The summed E-state index contributed by atoms with van der Waals surface area (Å²) in [5.74, 6) is -0.368. The van der Waals surface area contributed by atoms with Crippen LogP contribution in [0, 0.1) is 0 Å². The van der Waals surface area contributed by atoms with Gasteiger partial charge < -0.3 is 20.9 Å². The second-order valence-corrected chi connectivity index (χ2v) is 4.94. The molecule has 104 valence electrons. The van der Waals surface area contributed by atoms with E-state index in [1.807, 2.05) is 6.07 Å². The zero-order chi connectivity index (χ0) is 14.7. The topological polar surface area (TPSA) is 84.6 Å². The Kier molecular flexibility index (Phi) is 4.14. The minimum atomic E-state index is -1.02. The van der Waals surface area contributed by atoms with Gasteiger partial charge in [-0.1, -0.05) is 0 Å². The second kappa shape index (κ2) is 5.83. The van der Waals surface area contributed by atoms with Crippen molar-refractivity contribution in [3.05, 3.63) is 46.4 Å². The SMILES string of the molecule is COc1cc(Nc2cc(N)ccc2C(=O)O)ccc1Br. The fourth-order valence-electron chi connectivity index (χ4n) is 1.74. The third-order valence-electron chi connectivity index (χ3n) is 2.70. The van der Waals surface area contributed by atoms with Gasteiger partial charge in [-0.15, -0.1) is 0 Å². The lowest BCUT2D eigenvalue weighted by Crippen LogP contribution is -2.03. The van der Waals surface area contributed by atoms with Crippen LogP contribution in [-0.2, 0) is 0 Å². The summed E-state index contributed by atoms with van der Waals surface area (Å²) in [4.78, 5) is 11.2. The van der Waals surface area contributed by atoms with Crippen LogP contribution in [0.25, 0.3) is 0 Å². The monoisotopic (exact) mass is 336 g/mol. The molecule has 0 saturated carbocycles. The molecule has 0 unspecified atom stereocenters. The summed E-state index contributed by atoms with van der Waals surface area (Å²) in [6.07, 6.45) is 0. The minimum absolute atomic E-state index is 0.154. The highest BCUT2D eigenvalue weighted by Crippen LogP contribution is 2.30. The fourth-order valence-corrected chi connectivity index (χ4v) is 2.15. The first-order valence-electron chi connectivity index (χ1n) is 5.74. The Morgan fingerprint density at radius 1 is 1.30 bits per heavy atom. The number of methoxy groups -OCH3 is 1. The van der Waals surface area contributed by atoms with E-state index in [4.69, 9.17) is 15.6 Å². The Bertz CT molecular complexity index is 659. The molecule has 0 radical (unpaired) electrons. The van der Waals surface area contributed by atoms with Crippen LogP contribution in [0.2, 0.25) is 0 Å². The molecule has 0 aromatic heterocycles. The van der Waals surface area contributed by atoms with Gasteiger partial charge in [-0.2, -0.15) is 0 Å². The lowest BCUT2D eigenvalue weighted by atomic mass is 10.1. The molecule has 2 rings (SSSR count). The van der Waals surface area contributed by atoms with Crippen LogP contribution in [0.1, 0.15) is 10.4 Å². The molecule has 0 aliphatic heterocycles. The van der Waals surface area contributed by atoms with Crippen molar-refractivity contribution in [3.63, 3.8) is 0 Å². The van der Waals surface area contributed by atoms with Crippen molar-refractivity contribution >= 4 is 39.0 Å². The largest absolute Gasteiger partial charge is 0.495 e. The van der Waals surface area contributed by atoms with Crippen LogP contribution in [0.4, 0.5) is 17.1 Å². The van der Waals surface area contributed by atoms with E-state index in [9.17, 15) is 4.79 Å². The maximum atomic E-state index is 11.2. The highest BCUT2D eigenvalue weighted by Gasteiger charge is 2.11. The number of carbonyl (C=O) groups is 1. The molecular formula is C14H13BrN2O3. The first-order chi connectivity index (χ1) is 9.51. The smallest absolute Gasteiger partial charge is 0.337 e. The van der Waals surface area contributed by atoms with Gasteiger partial charge in [0.1, 0.15) is 5.75 Å². The summed E-state index contributed by atoms with van der Waals surface area (Å²) in [6.45, 7) is 0. The van der Waals surface area contributed by atoms with Crippen LogP contribution >= 0.6 is 15.9 Å². The number of anilines is 3. The molecule has 5 nitrogen and oxygen atoms in total. The number of nitrogen functional groups attached to an aromatic ring is 1. The normalized spacial score (nSPS) is 10.1. The lowest BCUT2D eigenvalue weighted by molar-refractivity contribution is 0.0698. The summed E-state index contributed by atoms with van der Waals surface area (Å²) < 4.78 is 6.01. The van der Waals surface area contributed by atoms with Gasteiger partial charge in [0.2, 0.25) is 0 Å².